The van der Waals surface area contributed by atoms with Gasteiger partial charge >= 0.3 is 0 Å². The van der Waals surface area contributed by atoms with Crippen LogP contribution in [0.4, 0.5) is 0 Å². The lowest BCUT2D eigenvalue weighted by molar-refractivity contribution is 0.131. The van der Waals surface area contributed by atoms with E-state index in [-0.39, 0.29) is 5.60 Å². The van der Waals surface area contributed by atoms with Crippen molar-refractivity contribution in [1.29, 1.82) is 0 Å². The van der Waals surface area contributed by atoms with E-state index in [0.717, 1.165) is 41.4 Å². The number of oxazole rings is 1. The standard InChI is InChI=1S/C30H33NO3/c1-5-9-28-27(20-21-32-25-16-18-26(19-17-25)34-30(2,3)4)31-29(33-28)24-14-12-23(13-15-24)22-10-7-6-8-11-22/h6-8,10-19H,5,9,20-21H2,1-4H3. The van der Waals surface area contributed by atoms with Crippen LogP contribution in [0.15, 0.2) is 83.3 Å². The van der Waals surface area contributed by atoms with Crippen LogP contribution in [0.1, 0.15) is 45.6 Å². The van der Waals surface area contributed by atoms with Crippen molar-refractivity contribution in [1.82, 2.24) is 4.98 Å². The number of ether oxygens (including phenoxy) is 2. The van der Waals surface area contributed by atoms with Gasteiger partial charge in [-0.25, -0.2) is 4.98 Å². The number of rotatable bonds is 9. The summed E-state index contributed by atoms with van der Waals surface area (Å²) in [5, 5.41) is 0. The molecule has 0 saturated heterocycles. The predicted molar refractivity (Wildman–Crippen MR) is 137 cm³/mol. The molecule has 3 aromatic carbocycles. The second kappa shape index (κ2) is 10.6. The van der Waals surface area contributed by atoms with E-state index >= 15 is 0 Å². The Hall–Kier alpha value is -3.53. The second-order valence-electron chi connectivity index (χ2n) is 9.37. The van der Waals surface area contributed by atoms with E-state index in [0.29, 0.717) is 18.9 Å². The lowest BCUT2D eigenvalue weighted by Crippen LogP contribution is -2.22. The molecule has 1 heterocycles. The maximum absolute atomic E-state index is 6.17. The number of aromatic nitrogens is 1. The molecule has 4 aromatic rings. The van der Waals surface area contributed by atoms with Gasteiger partial charge in [0.05, 0.1) is 12.3 Å². The first kappa shape index (κ1) is 23.6. The third kappa shape index (κ3) is 6.28. The topological polar surface area (TPSA) is 44.5 Å². The molecule has 0 amide bonds. The Bertz CT molecular complexity index is 1170. The van der Waals surface area contributed by atoms with Crippen LogP contribution in [0, 0.1) is 0 Å². The third-order valence-electron chi connectivity index (χ3n) is 5.35. The highest BCUT2D eigenvalue weighted by Crippen LogP contribution is 2.27. The molecule has 0 saturated carbocycles. The molecule has 0 aliphatic rings. The average molecular weight is 456 g/mol. The molecule has 0 unspecified atom stereocenters. The smallest absolute Gasteiger partial charge is 0.226 e. The van der Waals surface area contributed by atoms with Crippen molar-refractivity contribution in [3.63, 3.8) is 0 Å². The second-order valence-corrected chi connectivity index (χ2v) is 9.37. The van der Waals surface area contributed by atoms with Crippen molar-refractivity contribution in [3.8, 4) is 34.1 Å². The summed E-state index contributed by atoms with van der Waals surface area (Å²) in [7, 11) is 0. The van der Waals surface area contributed by atoms with Gasteiger partial charge in [-0.1, -0.05) is 49.4 Å². The van der Waals surface area contributed by atoms with Crippen LogP contribution in [0.25, 0.3) is 22.6 Å². The number of nitrogens with zero attached hydrogens (tertiary/aromatic N) is 1. The van der Waals surface area contributed by atoms with Gasteiger partial charge in [0, 0.05) is 18.4 Å². The van der Waals surface area contributed by atoms with Crippen LogP contribution in [-0.4, -0.2) is 17.2 Å². The molecule has 0 bridgehead atoms. The van der Waals surface area contributed by atoms with Crippen molar-refractivity contribution in [2.45, 2.75) is 52.6 Å². The van der Waals surface area contributed by atoms with Crippen molar-refractivity contribution in [2.75, 3.05) is 6.61 Å². The van der Waals surface area contributed by atoms with Crippen molar-refractivity contribution in [2.24, 2.45) is 0 Å². The van der Waals surface area contributed by atoms with E-state index in [1.165, 1.54) is 11.1 Å². The average Bonchev–Trinajstić information content (AvgIpc) is 3.23. The first-order valence-electron chi connectivity index (χ1n) is 12.0. The van der Waals surface area contributed by atoms with Gasteiger partial charge in [-0.05, 0) is 74.7 Å². The molecule has 0 aliphatic carbocycles. The summed E-state index contributed by atoms with van der Waals surface area (Å²) >= 11 is 0. The van der Waals surface area contributed by atoms with Crippen LogP contribution in [0.5, 0.6) is 11.5 Å². The summed E-state index contributed by atoms with van der Waals surface area (Å²) in [6.07, 6.45) is 2.56. The maximum atomic E-state index is 6.17. The number of benzene rings is 3. The third-order valence-corrected chi connectivity index (χ3v) is 5.35. The Labute approximate surface area is 202 Å². The van der Waals surface area contributed by atoms with Gasteiger partial charge < -0.3 is 13.9 Å². The molecule has 4 rings (SSSR count). The van der Waals surface area contributed by atoms with Crippen LogP contribution >= 0.6 is 0 Å². The van der Waals surface area contributed by atoms with Crippen LogP contribution in [-0.2, 0) is 12.8 Å². The molecule has 0 aliphatic heterocycles. The summed E-state index contributed by atoms with van der Waals surface area (Å²) in [6, 6.07) is 26.5. The monoisotopic (exact) mass is 455 g/mol. The molecule has 1 aromatic heterocycles. The molecule has 0 atom stereocenters. The van der Waals surface area contributed by atoms with Crippen molar-refractivity contribution < 1.29 is 13.9 Å². The van der Waals surface area contributed by atoms with E-state index in [4.69, 9.17) is 18.9 Å². The minimum Gasteiger partial charge on any atom is -0.493 e. The Morgan fingerprint density at radius 1 is 0.735 bits per heavy atom. The van der Waals surface area contributed by atoms with E-state index in [1.807, 2.05) is 51.1 Å². The normalized spacial score (nSPS) is 11.4. The zero-order chi connectivity index (χ0) is 24.0. The van der Waals surface area contributed by atoms with Gasteiger partial charge in [0.1, 0.15) is 22.9 Å². The molecule has 4 nitrogen and oxygen atoms in total. The van der Waals surface area contributed by atoms with E-state index < -0.39 is 0 Å². The highest BCUT2D eigenvalue weighted by Gasteiger charge is 2.15. The van der Waals surface area contributed by atoms with Gasteiger partial charge in [0.25, 0.3) is 0 Å². The number of aryl methyl sites for hydroxylation is 1. The van der Waals surface area contributed by atoms with E-state index in [9.17, 15) is 0 Å². The van der Waals surface area contributed by atoms with Crippen molar-refractivity contribution >= 4 is 0 Å². The predicted octanol–water partition coefficient (Wildman–Crippen LogP) is 7.76. The molecule has 4 heteroatoms. The summed E-state index contributed by atoms with van der Waals surface area (Å²) in [5.41, 5.74) is 4.11. The molecule has 0 N–H and O–H groups in total. The number of hydrogen-bond acceptors (Lipinski definition) is 4. The molecule has 0 fully saturated rings. The molecule has 34 heavy (non-hydrogen) atoms. The maximum Gasteiger partial charge on any atom is 0.226 e. The van der Waals surface area contributed by atoms with Crippen LogP contribution < -0.4 is 9.47 Å². The highest BCUT2D eigenvalue weighted by molar-refractivity contribution is 5.67. The summed E-state index contributed by atoms with van der Waals surface area (Å²) in [5.74, 6) is 3.27. The van der Waals surface area contributed by atoms with Gasteiger partial charge in [-0.15, -0.1) is 0 Å². The van der Waals surface area contributed by atoms with E-state index in [2.05, 4.69) is 55.5 Å². The van der Waals surface area contributed by atoms with Crippen molar-refractivity contribution in [3.05, 3.63) is 90.3 Å². The minimum atomic E-state index is -0.218. The zero-order valence-electron chi connectivity index (χ0n) is 20.5. The summed E-state index contributed by atoms with van der Waals surface area (Å²) < 4.78 is 18.0. The molecule has 176 valence electrons. The van der Waals surface area contributed by atoms with Gasteiger partial charge in [-0.3, -0.25) is 0 Å². The first-order chi connectivity index (χ1) is 16.4. The highest BCUT2D eigenvalue weighted by atomic mass is 16.5. The Morgan fingerprint density at radius 2 is 1.35 bits per heavy atom. The fourth-order valence-electron chi connectivity index (χ4n) is 3.78. The summed E-state index contributed by atoms with van der Waals surface area (Å²) in [6.45, 7) is 8.80. The lowest BCUT2D eigenvalue weighted by atomic mass is 10.0. The quantitative estimate of drug-likeness (QED) is 0.259. The zero-order valence-corrected chi connectivity index (χ0v) is 20.5. The Kier molecular flexibility index (Phi) is 7.36. The Balaban J connectivity index is 1.41. The Morgan fingerprint density at radius 3 is 2.00 bits per heavy atom. The summed E-state index contributed by atoms with van der Waals surface area (Å²) in [4.78, 5) is 4.82. The fraction of sp³-hybridized carbons (Fsp3) is 0.300. The fourth-order valence-corrected chi connectivity index (χ4v) is 3.78. The first-order valence-corrected chi connectivity index (χ1v) is 12.0. The van der Waals surface area contributed by atoms with Gasteiger partial charge in [0.15, 0.2) is 0 Å². The van der Waals surface area contributed by atoms with Gasteiger partial charge in [0.2, 0.25) is 5.89 Å². The largest absolute Gasteiger partial charge is 0.493 e. The number of hydrogen-bond donors (Lipinski definition) is 0. The molecule has 0 radical (unpaired) electrons. The lowest BCUT2D eigenvalue weighted by Gasteiger charge is -2.21. The van der Waals surface area contributed by atoms with Crippen LogP contribution in [0.2, 0.25) is 0 Å². The molecule has 0 spiro atoms. The van der Waals surface area contributed by atoms with Gasteiger partial charge in [-0.2, -0.15) is 0 Å². The minimum absolute atomic E-state index is 0.218. The molecular weight excluding hydrogens is 422 g/mol. The SMILES string of the molecule is CCCc1oc(-c2ccc(-c3ccccc3)cc2)nc1CCOc1ccc(OC(C)(C)C)cc1. The van der Waals surface area contributed by atoms with Crippen LogP contribution in [0.3, 0.4) is 0 Å². The van der Waals surface area contributed by atoms with E-state index in [1.54, 1.807) is 0 Å². The molecular formula is C30H33NO3.